The first-order chi connectivity index (χ1) is 13.6. The van der Waals surface area contributed by atoms with E-state index in [1.807, 2.05) is 6.92 Å². The summed E-state index contributed by atoms with van der Waals surface area (Å²) in [4.78, 5) is 24.4. The second kappa shape index (κ2) is 11.1. The third-order valence-electron chi connectivity index (χ3n) is 4.99. The number of ether oxygens (including phenoxy) is 1. The van der Waals surface area contributed by atoms with Crippen LogP contribution in [0.1, 0.15) is 64.0 Å². The zero-order valence-corrected chi connectivity index (χ0v) is 17.9. The number of hydrogen-bond acceptors (Lipinski definition) is 5. The van der Waals surface area contributed by atoms with E-state index in [-0.39, 0.29) is 11.5 Å². The van der Waals surface area contributed by atoms with E-state index in [0.29, 0.717) is 12.0 Å². The molecule has 0 bridgehead atoms. The van der Waals surface area contributed by atoms with Crippen LogP contribution in [-0.2, 0) is 35.6 Å². The summed E-state index contributed by atoms with van der Waals surface area (Å²) in [5.41, 5.74) is 0.445. The molecule has 2 unspecified atom stereocenters. The largest absolute Gasteiger partial charge is 0.481 e. The van der Waals surface area contributed by atoms with Crippen molar-refractivity contribution in [2.75, 3.05) is 0 Å². The van der Waals surface area contributed by atoms with E-state index in [0.717, 1.165) is 31.9 Å². The van der Waals surface area contributed by atoms with Gasteiger partial charge >= 0.3 is 11.9 Å². The topological polar surface area (TPSA) is 118 Å². The molecular formula is C21H30O7S. The Bertz CT molecular complexity index is 829. The quantitative estimate of drug-likeness (QED) is 0.294. The van der Waals surface area contributed by atoms with Crippen molar-refractivity contribution in [1.82, 2.24) is 0 Å². The average molecular weight is 427 g/mol. The molecule has 0 fully saturated rings. The molecule has 162 valence electrons. The third-order valence-corrected chi connectivity index (χ3v) is 6.40. The van der Waals surface area contributed by atoms with E-state index in [1.54, 1.807) is 19.1 Å². The van der Waals surface area contributed by atoms with Crippen molar-refractivity contribution in [3.63, 3.8) is 0 Å². The van der Waals surface area contributed by atoms with Crippen LogP contribution in [0.15, 0.2) is 36.6 Å². The number of aliphatic carboxylic acids is 1. The molecule has 0 aliphatic carbocycles. The molecule has 0 heterocycles. The number of esters is 1. The second-order valence-electron chi connectivity index (χ2n) is 7.03. The van der Waals surface area contributed by atoms with Gasteiger partial charge in [0.05, 0.1) is 12.7 Å². The summed E-state index contributed by atoms with van der Waals surface area (Å²) in [6, 6.07) is 6.24. The van der Waals surface area contributed by atoms with E-state index in [9.17, 15) is 27.7 Å². The molecule has 0 saturated carbocycles. The fraction of sp³-hybridized carbons (Fsp3) is 0.524. The van der Waals surface area contributed by atoms with Crippen LogP contribution >= 0.6 is 0 Å². The lowest BCUT2D eigenvalue weighted by molar-refractivity contribution is -0.147. The number of benzene rings is 1. The molecular weight excluding hydrogens is 396 g/mol. The maximum absolute atomic E-state index is 12.8. The molecule has 0 saturated heterocycles. The van der Waals surface area contributed by atoms with Crippen LogP contribution in [0.5, 0.6) is 0 Å². The fourth-order valence-corrected chi connectivity index (χ4v) is 4.44. The lowest BCUT2D eigenvalue weighted by Crippen LogP contribution is -2.46. The van der Waals surface area contributed by atoms with Crippen LogP contribution in [0.25, 0.3) is 0 Å². The van der Waals surface area contributed by atoms with E-state index in [2.05, 4.69) is 6.92 Å². The van der Waals surface area contributed by atoms with Gasteiger partial charge < -0.3 is 9.84 Å². The van der Waals surface area contributed by atoms with Crippen molar-refractivity contribution in [2.24, 2.45) is 5.92 Å². The lowest BCUT2D eigenvalue weighted by atomic mass is 9.84. The van der Waals surface area contributed by atoms with E-state index in [4.69, 9.17) is 4.74 Å². The molecule has 2 atom stereocenters. The number of hydrogen-bond donors (Lipinski definition) is 2. The van der Waals surface area contributed by atoms with Gasteiger partial charge in [-0.15, -0.1) is 0 Å². The Hall–Kier alpha value is -2.19. The Balaban J connectivity index is 3.65. The van der Waals surface area contributed by atoms with Crippen molar-refractivity contribution >= 4 is 22.1 Å². The van der Waals surface area contributed by atoms with Gasteiger partial charge in [-0.1, -0.05) is 69.9 Å². The zero-order chi connectivity index (χ0) is 22.1. The molecule has 1 aromatic carbocycles. The van der Waals surface area contributed by atoms with E-state index < -0.39 is 33.2 Å². The summed E-state index contributed by atoms with van der Waals surface area (Å²) in [7, 11) is -5.18. The normalized spacial score (nSPS) is 15.0. The average Bonchev–Trinajstić information content (AvgIpc) is 2.66. The lowest BCUT2D eigenvalue weighted by Gasteiger charge is -2.29. The number of allylic oxidation sites excluding steroid dienone is 1. The van der Waals surface area contributed by atoms with Gasteiger partial charge in [0.25, 0.3) is 10.1 Å². The highest BCUT2D eigenvalue weighted by Crippen LogP contribution is 2.39. The Morgan fingerprint density at radius 3 is 2.41 bits per heavy atom. The summed E-state index contributed by atoms with van der Waals surface area (Å²) in [6.45, 7) is 5.65. The predicted octanol–water partition coefficient (Wildman–Crippen LogP) is 4.08. The summed E-state index contributed by atoms with van der Waals surface area (Å²) >= 11 is 0. The summed E-state index contributed by atoms with van der Waals surface area (Å²) in [6.07, 6.45) is 5.41. The van der Waals surface area contributed by atoms with Gasteiger partial charge in [-0.3, -0.25) is 9.35 Å². The fourth-order valence-electron chi connectivity index (χ4n) is 3.40. The first kappa shape index (κ1) is 24.8. The third kappa shape index (κ3) is 6.14. The first-order valence-electron chi connectivity index (χ1n) is 9.73. The minimum atomic E-state index is -5.18. The molecule has 8 heteroatoms. The highest BCUT2D eigenvalue weighted by atomic mass is 32.2. The Morgan fingerprint density at radius 1 is 1.24 bits per heavy atom. The van der Waals surface area contributed by atoms with Gasteiger partial charge in [-0.25, -0.2) is 4.79 Å². The van der Waals surface area contributed by atoms with Crippen molar-refractivity contribution in [3.8, 4) is 0 Å². The van der Waals surface area contributed by atoms with Gasteiger partial charge in [-0.05, 0) is 30.4 Å². The molecule has 0 aromatic heterocycles. The van der Waals surface area contributed by atoms with Crippen LogP contribution in [0, 0.1) is 5.92 Å². The van der Waals surface area contributed by atoms with Crippen LogP contribution in [0.4, 0.5) is 0 Å². The van der Waals surface area contributed by atoms with Crippen molar-refractivity contribution in [1.29, 1.82) is 0 Å². The smallest absolute Gasteiger partial charge is 0.340 e. The van der Waals surface area contributed by atoms with Gasteiger partial charge in [0.1, 0.15) is 0 Å². The molecule has 7 nitrogen and oxygen atoms in total. The van der Waals surface area contributed by atoms with Gasteiger partial charge in [0.15, 0.2) is 0 Å². The molecule has 0 aliphatic heterocycles. The monoisotopic (exact) mass is 426 g/mol. The molecule has 29 heavy (non-hydrogen) atoms. The zero-order valence-electron chi connectivity index (χ0n) is 17.1. The highest BCUT2D eigenvalue weighted by molar-refractivity contribution is 7.87. The van der Waals surface area contributed by atoms with E-state index >= 15 is 0 Å². The number of carbonyl (C=O) groups is 2. The number of unbranched alkanes of at least 4 members (excludes halogenated alkanes) is 1. The SMILES string of the molecule is CC=COC(=O)C(CC(=O)O)(c1ccccc1CC(CC)CCCC)S(=O)(=O)O. The molecule has 2 N–H and O–H groups in total. The van der Waals surface area contributed by atoms with Crippen LogP contribution < -0.4 is 0 Å². The maximum Gasteiger partial charge on any atom is 0.340 e. The Kier molecular flexibility index (Phi) is 9.52. The summed E-state index contributed by atoms with van der Waals surface area (Å²) in [5, 5.41) is 9.38. The molecule has 0 radical (unpaired) electrons. The molecule has 0 amide bonds. The molecule has 0 aliphatic rings. The van der Waals surface area contributed by atoms with Crippen LogP contribution in [0.3, 0.4) is 0 Å². The Labute approximate surface area is 172 Å². The number of carboxylic acids is 1. The number of carboxylic acid groups (broad SMARTS) is 1. The molecule has 0 spiro atoms. The first-order valence-corrected chi connectivity index (χ1v) is 11.2. The van der Waals surface area contributed by atoms with Crippen LogP contribution in [0.2, 0.25) is 0 Å². The van der Waals surface area contributed by atoms with E-state index in [1.165, 1.54) is 18.2 Å². The molecule has 1 rings (SSSR count). The predicted molar refractivity (Wildman–Crippen MR) is 110 cm³/mol. The van der Waals surface area contributed by atoms with Crippen molar-refractivity contribution < 1.29 is 32.4 Å². The summed E-state index contributed by atoms with van der Waals surface area (Å²) in [5.74, 6) is -2.67. The van der Waals surface area contributed by atoms with Crippen molar-refractivity contribution in [3.05, 3.63) is 47.7 Å². The maximum atomic E-state index is 12.8. The van der Waals surface area contributed by atoms with Gasteiger partial charge in [-0.2, -0.15) is 8.42 Å². The van der Waals surface area contributed by atoms with Gasteiger partial charge in [0.2, 0.25) is 4.75 Å². The minimum absolute atomic E-state index is 0.0608. The minimum Gasteiger partial charge on any atom is -0.481 e. The summed E-state index contributed by atoms with van der Waals surface area (Å²) < 4.78 is 37.0. The standard InChI is InChI=1S/C21H30O7S/c1-4-7-10-16(6-3)14-17-11-8-9-12-18(17)21(15-19(22)23,29(25,26)27)20(24)28-13-5-2/h5,8-9,11-13,16H,4,6-7,10,14-15H2,1-3H3,(H,22,23)(H,25,26,27). The number of carbonyl (C=O) groups excluding carboxylic acids is 1. The second-order valence-corrected chi connectivity index (χ2v) is 8.67. The highest BCUT2D eigenvalue weighted by Gasteiger charge is 2.56. The van der Waals surface area contributed by atoms with Crippen LogP contribution in [-0.4, -0.2) is 30.0 Å². The molecule has 1 aromatic rings. The Morgan fingerprint density at radius 2 is 1.90 bits per heavy atom. The van der Waals surface area contributed by atoms with Crippen molar-refractivity contribution in [2.45, 2.75) is 64.0 Å². The van der Waals surface area contributed by atoms with Gasteiger partial charge in [0, 0.05) is 0 Å². The number of rotatable bonds is 12.